The van der Waals surface area contributed by atoms with Crippen LogP contribution in [-0.2, 0) is 4.79 Å². The molecule has 1 nitrogen and oxygen atoms in total. The maximum atomic E-state index is 10.1. The van der Waals surface area contributed by atoms with Crippen molar-refractivity contribution in [3.63, 3.8) is 0 Å². The number of carbonyl (C=O) groups is 1. The third-order valence-electron chi connectivity index (χ3n) is 2.08. The minimum Gasteiger partial charge on any atom is -0.289 e. The molecule has 0 N–H and O–H groups in total. The summed E-state index contributed by atoms with van der Waals surface area (Å²) < 4.78 is 0. The third kappa shape index (κ3) is 2.19. The number of aryl methyl sites for hydroxylation is 2. The van der Waals surface area contributed by atoms with Crippen LogP contribution in [-0.4, -0.2) is 6.29 Å². The fourth-order valence-corrected chi connectivity index (χ4v) is 1.28. The van der Waals surface area contributed by atoms with E-state index in [4.69, 9.17) is 0 Å². The Balaban J connectivity index is 3.28. The largest absolute Gasteiger partial charge is 0.289 e. The standard InChI is InChI=1S/C12H12O/c1-9-7-10(2)11(3)12(8-9)5-4-6-13/h6-8H,1-3H3. The van der Waals surface area contributed by atoms with E-state index >= 15 is 0 Å². The second-order valence-corrected chi connectivity index (χ2v) is 3.14. The van der Waals surface area contributed by atoms with Gasteiger partial charge in [-0.2, -0.15) is 0 Å². The average molecular weight is 172 g/mol. The van der Waals surface area contributed by atoms with Gasteiger partial charge in [0, 0.05) is 5.56 Å². The van der Waals surface area contributed by atoms with E-state index in [0.29, 0.717) is 6.29 Å². The van der Waals surface area contributed by atoms with Crippen molar-refractivity contribution >= 4 is 6.29 Å². The molecule has 0 saturated carbocycles. The second kappa shape index (κ2) is 3.91. The summed E-state index contributed by atoms with van der Waals surface area (Å²) in [7, 11) is 0. The second-order valence-electron chi connectivity index (χ2n) is 3.14. The molecule has 0 saturated heterocycles. The Kier molecular flexibility index (Phi) is 2.87. The van der Waals surface area contributed by atoms with Crippen molar-refractivity contribution < 1.29 is 4.79 Å². The average Bonchev–Trinajstić information content (AvgIpc) is 2.09. The van der Waals surface area contributed by atoms with Gasteiger partial charge in [-0.05, 0) is 49.4 Å². The zero-order valence-electron chi connectivity index (χ0n) is 8.14. The van der Waals surface area contributed by atoms with Gasteiger partial charge in [-0.15, -0.1) is 0 Å². The first-order chi connectivity index (χ1) is 6.15. The van der Waals surface area contributed by atoms with Crippen LogP contribution in [0, 0.1) is 32.6 Å². The van der Waals surface area contributed by atoms with E-state index in [9.17, 15) is 4.79 Å². The van der Waals surface area contributed by atoms with Gasteiger partial charge >= 0.3 is 0 Å². The van der Waals surface area contributed by atoms with Gasteiger partial charge in [0.1, 0.15) is 0 Å². The summed E-state index contributed by atoms with van der Waals surface area (Å²) in [6, 6.07) is 4.11. The van der Waals surface area contributed by atoms with Crippen LogP contribution in [0.15, 0.2) is 12.1 Å². The van der Waals surface area contributed by atoms with Gasteiger partial charge in [0.05, 0.1) is 0 Å². The predicted octanol–water partition coefficient (Wildman–Crippen LogP) is 2.16. The van der Waals surface area contributed by atoms with Crippen molar-refractivity contribution in [2.45, 2.75) is 20.8 Å². The van der Waals surface area contributed by atoms with Crippen LogP contribution in [0.3, 0.4) is 0 Å². The normalized spacial score (nSPS) is 8.85. The first-order valence-corrected chi connectivity index (χ1v) is 4.18. The summed E-state index contributed by atoms with van der Waals surface area (Å²) in [6.45, 7) is 6.09. The lowest BCUT2D eigenvalue weighted by Crippen LogP contribution is -1.89. The number of rotatable bonds is 0. The summed E-state index contributed by atoms with van der Waals surface area (Å²) in [5.41, 5.74) is 4.50. The molecule has 1 aromatic carbocycles. The van der Waals surface area contributed by atoms with Gasteiger partial charge in [-0.1, -0.05) is 12.0 Å². The van der Waals surface area contributed by atoms with Gasteiger partial charge < -0.3 is 0 Å². The predicted molar refractivity (Wildman–Crippen MR) is 53.6 cm³/mol. The van der Waals surface area contributed by atoms with Gasteiger partial charge in [-0.25, -0.2) is 0 Å². The summed E-state index contributed by atoms with van der Waals surface area (Å²) in [6.07, 6.45) is 0.622. The lowest BCUT2D eigenvalue weighted by molar-refractivity contribution is -0.103. The molecule has 0 aromatic heterocycles. The van der Waals surface area contributed by atoms with E-state index in [1.165, 1.54) is 11.1 Å². The lowest BCUT2D eigenvalue weighted by atomic mass is 10.0. The third-order valence-corrected chi connectivity index (χ3v) is 2.08. The zero-order valence-corrected chi connectivity index (χ0v) is 8.14. The molecule has 0 aliphatic rings. The number of hydrogen-bond donors (Lipinski definition) is 0. The van der Waals surface area contributed by atoms with Crippen LogP contribution in [0.1, 0.15) is 22.3 Å². The molecule has 0 bridgehead atoms. The molecule has 1 rings (SSSR count). The van der Waals surface area contributed by atoms with Crippen molar-refractivity contribution in [1.29, 1.82) is 0 Å². The van der Waals surface area contributed by atoms with Crippen molar-refractivity contribution in [3.05, 3.63) is 34.4 Å². The van der Waals surface area contributed by atoms with Crippen LogP contribution in [0.25, 0.3) is 0 Å². The summed E-state index contributed by atoms with van der Waals surface area (Å²) in [4.78, 5) is 10.1. The quantitative estimate of drug-likeness (QED) is 0.433. The molecular formula is C12H12O. The Morgan fingerprint density at radius 3 is 2.54 bits per heavy atom. The fourth-order valence-electron chi connectivity index (χ4n) is 1.28. The first-order valence-electron chi connectivity index (χ1n) is 4.18. The summed E-state index contributed by atoms with van der Waals surface area (Å²) >= 11 is 0. The van der Waals surface area contributed by atoms with E-state index in [1.54, 1.807) is 0 Å². The maximum absolute atomic E-state index is 10.1. The molecule has 0 atom stereocenters. The Morgan fingerprint density at radius 1 is 1.23 bits per heavy atom. The molecule has 0 heterocycles. The Labute approximate surface area is 78.8 Å². The van der Waals surface area contributed by atoms with Crippen LogP contribution >= 0.6 is 0 Å². The SMILES string of the molecule is Cc1cc(C)c(C)c(C#CC=O)c1. The Hall–Kier alpha value is -1.55. The van der Waals surface area contributed by atoms with Crippen LogP contribution in [0.2, 0.25) is 0 Å². The van der Waals surface area contributed by atoms with E-state index in [0.717, 1.165) is 11.1 Å². The van der Waals surface area contributed by atoms with Gasteiger partial charge in [-0.3, -0.25) is 4.79 Å². The highest BCUT2D eigenvalue weighted by molar-refractivity contribution is 5.74. The fraction of sp³-hybridized carbons (Fsp3) is 0.250. The molecule has 0 aliphatic heterocycles. The van der Waals surface area contributed by atoms with Gasteiger partial charge in [0.15, 0.2) is 6.29 Å². The van der Waals surface area contributed by atoms with Crippen LogP contribution in [0.4, 0.5) is 0 Å². The minimum absolute atomic E-state index is 0.622. The molecule has 0 aliphatic carbocycles. The molecule has 0 amide bonds. The van der Waals surface area contributed by atoms with Crippen molar-refractivity contribution in [2.75, 3.05) is 0 Å². The highest BCUT2D eigenvalue weighted by Crippen LogP contribution is 2.14. The van der Waals surface area contributed by atoms with Crippen molar-refractivity contribution in [3.8, 4) is 11.8 Å². The molecule has 13 heavy (non-hydrogen) atoms. The molecule has 66 valence electrons. The van der Waals surface area contributed by atoms with Crippen LogP contribution in [0.5, 0.6) is 0 Å². The van der Waals surface area contributed by atoms with Crippen molar-refractivity contribution in [1.82, 2.24) is 0 Å². The highest BCUT2D eigenvalue weighted by Gasteiger charge is 1.98. The Bertz CT molecular complexity index is 392. The highest BCUT2D eigenvalue weighted by atomic mass is 16.1. The smallest absolute Gasteiger partial charge is 0.193 e. The molecule has 1 heteroatoms. The molecule has 1 aromatic rings. The van der Waals surface area contributed by atoms with Crippen LogP contribution < -0.4 is 0 Å². The molecule has 0 radical (unpaired) electrons. The van der Waals surface area contributed by atoms with E-state index in [-0.39, 0.29) is 0 Å². The van der Waals surface area contributed by atoms with Gasteiger partial charge in [0.25, 0.3) is 0 Å². The minimum atomic E-state index is 0.622. The topological polar surface area (TPSA) is 17.1 Å². The molecular weight excluding hydrogens is 160 g/mol. The van der Waals surface area contributed by atoms with E-state index < -0.39 is 0 Å². The monoisotopic (exact) mass is 172 g/mol. The van der Waals surface area contributed by atoms with E-state index in [2.05, 4.69) is 24.8 Å². The lowest BCUT2D eigenvalue weighted by Gasteiger charge is -2.04. The zero-order chi connectivity index (χ0) is 9.84. The Morgan fingerprint density at radius 2 is 1.92 bits per heavy atom. The summed E-state index contributed by atoms with van der Waals surface area (Å²) in [5.74, 6) is 5.26. The molecule has 0 spiro atoms. The number of aldehydes is 1. The molecule has 0 fully saturated rings. The van der Waals surface area contributed by atoms with E-state index in [1.807, 2.05) is 19.9 Å². The van der Waals surface area contributed by atoms with Crippen molar-refractivity contribution in [2.24, 2.45) is 0 Å². The van der Waals surface area contributed by atoms with Gasteiger partial charge in [0.2, 0.25) is 0 Å². The molecule has 0 unspecified atom stereocenters. The maximum Gasteiger partial charge on any atom is 0.193 e. The number of benzene rings is 1. The first kappa shape index (κ1) is 9.54. The number of hydrogen-bond acceptors (Lipinski definition) is 1. The summed E-state index contributed by atoms with van der Waals surface area (Å²) in [5, 5.41) is 0. The number of carbonyl (C=O) groups excluding carboxylic acids is 1.